The van der Waals surface area contributed by atoms with Crippen LogP contribution in [0.15, 0.2) is 60.8 Å². The number of rotatable bonds is 57. The number of carbonyl (C=O) groups excluding carboxylic acids is 2. The number of phosphoric acid groups is 1. The fourth-order valence-electron chi connectivity index (χ4n) is 8.77. The Balaban J connectivity index is 3.92. The Hall–Kier alpha value is -2.29. The molecule has 0 aliphatic rings. The molecule has 0 saturated carbocycles. The summed E-state index contributed by atoms with van der Waals surface area (Å²) in [7, 11) is 1.48. The summed E-state index contributed by atoms with van der Waals surface area (Å²) in [6.45, 7) is 4.32. The van der Waals surface area contributed by atoms with Gasteiger partial charge in [0.15, 0.2) is 6.10 Å². The molecule has 0 heterocycles. The fourth-order valence-corrected chi connectivity index (χ4v) is 9.51. The molecule has 74 heavy (non-hydrogen) atoms. The lowest BCUT2D eigenvalue weighted by Crippen LogP contribution is -2.37. The molecular weight excluding hydrogens is 942 g/mol. The summed E-state index contributed by atoms with van der Waals surface area (Å²) in [5.41, 5.74) is 0. The summed E-state index contributed by atoms with van der Waals surface area (Å²) in [5, 5.41) is 0. The second-order valence-electron chi connectivity index (χ2n) is 22.1. The SMILES string of the molecule is CC/C=C\C/C=C\C/C=C\C/C=C\CCCCCCCCCCCCCCCCCCCCCCCCCCC(=O)OC(COC(=O)CCCCCCC/C=C\CCCCCC)COP(=O)(O)OCC[N+](C)(C)C. The monoisotopic (exact) mass is 1060 g/mol. The molecule has 9 nitrogen and oxygen atoms in total. The molecule has 0 amide bonds. The van der Waals surface area contributed by atoms with Gasteiger partial charge in [-0.3, -0.25) is 18.6 Å². The maximum Gasteiger partial charge on any atom is 0.472 e. The van der Waals surface area contributed by atoms with Gasteiger partial charge in [-0.25, -0.2) is 4.57 Å². The highest BCUT2D eigenvalue weighted by molar-refractivity contribution is 7.47. The smallest absolute Gasteiger partial charge is 0.462 e. The third kappa shape index (κ3) is 59.0. The molecule has 0 saturated heterocycles. The van der Waals surface area contributed by atoms with E-state index >= 15 is 0 Å². The third-order valence-electron chi connectivity index (χ3n) is 13.5. The Kier molecular flexibility index (Phi) is 53.7. The van der Waals surface area contributed by atoms with Gasteiger partial charge in [-0.2, -0.15) is 0 Å². The van der Waals surface area contributed by atoms with E-state index in [1.165, 1.54) is 173 Å². The number of allylic oxidation sites excluding steroid dienone is 10. The van der Waals surface area contributed by atoms with Crippen molar-refractivity contribution >= 4 is 19.8 Å². The van der Waals surface area contributed by atoms with Crippen LogP contribution < -0.4 is 0 Å². The second-order valence-corrected chi connectivity index (χ2v) is 23.5. The summed E-state index contributed by atoms with van der Waals surface area (Å²) in [4.78, 5) is 35.6. The predicted octanol–water partition coefficient (Wildman–Crippen LogP) is 19.5. The number of likely N-dealkylation sites (N-methyl/N-ethyl adjacent to an activating group) is 1. The van der Waals surface area contributed by atoms with Gasteiger partial charge < -0.3 is 18.9 Å². The minimum atomic E-state index is -4.38. The van der Waals surface area contributed by atoms with Crippen molar-refractivity contribution in [2.24, 2.45) is 0 Å². The zero-order chi connectivity index (χ0) is 54.2. The zero-order valence-corrected chi connectivity index (χ0v) is 50.0. The lowest BCUT2D eigenvalue weighted by molar-refractivity contribution is -0.870. The Morgan fingerprint density at radius 1 is 0.432 bits per heavy atom. The van der Waals surface area contributed by atoms with Crippen LogP contribution >= 0.6 is 7.82 Å². The van der Waals surface area contributed by atoms with Crippen LogP contribution in [0, 0.1) is 0 Å². The van der Waals surface area contributed by atoms with Gasteiger partial charge in [0, 0.05) is 12.8 Å². The zero-order valence-electron chi connectivity index (χ0n) is 49.1. The lowest BCUT2D eigenvalue weighted by Gasteiger charge is -2.24. The first-order chi connectivity index (χ1) is 36.0. The van der Waals surface area contributed by atoms with Crippen LogP contribution in [0.4, 0.5) is 0 Å². The highest BCUT2D eigenvalue weighted by Crippen LogP contribution is 2.43. The molecule has 0 fully saturated rings. The van der Waals surface area contributed by atoms with Crippen LogP contribution in [0.5, 0.6) is 0 Å². The Labute approximate surface area is 457 Å². The molecule has 0 aromatic rings. The number of esters is 2. The number of carbonyl (C=O) groups is 2. The molecule has 0 aliphatic carbocycles. The first kappa shape index (κ1) is 71.7. The molecule has 432 valence electrons. The summed E-state index contributed by atoms with van der Waals surface area (Å²) in [5.74, 6) is -0.797. The molecule has 2 unspecified atom stereocenters. The molecule has 0 rings (SSSR count). The highest BCUT2D eigenvalue weighted by Gasteiger charge is 2.27. The number of ether oxygens (including phenoxy) is 2. The van der Waals surface area contributed by atoms with Crippen molar-refractivity contribution in [1.82, 2.24) is 0 Å². The number of unbranched alkanes of at least 4 members (excludes halogenated alkanes) is 33. The number of quaternary nitrogens is 1. The van der Waals surface area contributed by atoms with Crippen molar-refractivity contribution in [3.8, 4) is 0 Å². The maximum atomic E-state index is 12.8. The number of hydrogen-bond acceptors (Lipinski definition) is 7. The van der Waals surface area contributed by atoms with Crippen LogP contribution in [0.2, 0.25) is 0 Å². The van der Waals surface area contributed by atoms with E-state index in [9.17, 15) is 19.0 Å². The van der Waals surface area contributed by atoms with E-state index in [0.29, 0.717) is 17.4 Å². The molecule has 0 aromatic heterocycles. The summed E-state index contributed by atoms with van der Waals surface area (Å²) in [6.07, 6.45) is 71.8. The Morgan fingerprint density at radius 2 is 0.770 bits per heavy atom. The average Bonchev–Trinajstić information content (AvgIpc) is 3.36. The molecule has 0 spiro atoms. The van der Waals surface area contributed by atoms with Crippen LogP contribution in [-0.4, -0.2) is 74.9 Å². The molecule has 2 atom stereocenters. The quantitative estimate of drug-likeness (QED) is 0.0211. The molecular formula is C64H119NO8P+. The van der Waals surface area contributed by atoms with Gasteiger partial charge in [0.25, 0.3) is 0 Å². The molecule has 10 heteroatoms. The molecule has 0 radical (unpaired) electrons. The van der Waals surface area contributed by atoms with Crippen LogP contribution in [0.1, 0.15) is 284 Å². The van der Waals surface area contributed by atoms with Gasteiger partial charge in [0.05, 0.1) is 27.7 Å². The number of nitrogens with zero attached hydrogens (tertiary/aromatic N) is 1. The lowest BCUT2D eigenvalue weighted by atomic mass is 10.0. The number of phosphoric ester groups is 1. The van der Waals surface area contributed by atoms with Gasteiger partial charge in [-0.1, -0.05) is 254 Å². The molecule has 0 bridgehead atoms. The van der Waals surface area contributed by atoms with E-state index in [1.54, 1.807) is 0 Å². The minimum Gasteiger partial charge on any atom is -0.462 e. The summed E-state index contributed by atoms with van der Waals surface area (Å²) >= 11 is 0. The van der Waals surface area contributed by atoms with Gasteiger partial charge in [-0.15, -0.1) is 0 Å². The summed E-state index contributed by atoms with van der Waals surface area (Å²) < 4.78 is 34.5. The van der Waals surface area contributed by atoms with E-state index in [4.69, 9.17) is 18.5 Å². The van der Waals surface area contributed by atoms with Crippen molar-refractivity contribution < 1.29 is 42.1 Å². The van der Waals surface area contributed by atoms with Gasteiger partial charge in [-0.05, 0) is 77.0 Å². The van der Waals surface area contributed by atoms with Crippen LogP contribution in [0.25, 0.3) is 0 Å². The van der Waals surface area contributed by atoms with Crippen molar-refractivity contribution in [3.63, 3.8) is 0 Å². The number of hydrogen-bond donors (Lipinski definition) is 1. The first-order valence-electron chi connectivity index (χ1n) is 31.0. The normalized spacial score (nSPS) is 13.6. The van der Waals surface area contributed by atoms with Gasteiger partial charge >= 0.3 is 19.8 Å². The third-order valence-corrected chi connectivity index (χ3v) is 14.5. The van der Waals surface area contributed by atoms with Crippen LogP contribution in [-0.2, 0) is 32.7 Å². The van der Waals surface area contributed by atoms with E-state index in [-0.39, 0.29) is 32.0 Å². The first-order valence-corrected chi connectivity index (χ1v) is 32.5. The maximum absolute atomic E-state index is 12.8. The van der Waals surface area contributed by atoms with Gasteiger partial charge in [0.2, 0.25) is 0 Å². The minimum absolute atomic E-state index is 0.0315. The van der Waals surface area contributed by atoms with Crippen molar-refractivity contribution in [1.29, 1.82) is 0 Å². The van der Waals surface area contributed by atoms with E-state index in [0.717, 1.165) is 77.0 Å². The van der Waals surface area contributed by atoms with E-state index < -0.39 is 26.5 Å². The standard InChI is InChI=1S/C64H118NO8P/c1-6-8-10-12-14-16-18-20-21-22-23-24-25-26-27-28-29-30-31-32-33-34-35-36-37-38-39-40-41-42-43-45-47-49-51-53-55-57-64(67)73-62(61-72-74(68,69)71-59-58-65(3,4)5)60-70-63(66)56-54-52-50-48-46-44-19-17-15-13-11-9-7-2/h8,10,14,16-17,19-21,23-24,62H,6-7,9,11-13,15,18,22,25-61H2,1-5H3/p+1/b10-8-,16-14-,19-17-,21-20-,24-23-. The largest absolute Gasteiger partial charge is 0.472 e. The predicted molar refractivity (Wildman–Crippen MR) is 316 cm³/mol. The van der Waals surface area contributed by atoms with Crippen molar-refractivity contribution in [2.45, 2.75) is 290 Å². The Morgan fingerprint density at radius 3 is 1.16 bits per heavy atom. The van der Waals surface area contributed by atoms with E-state index in [2.05, 4.69) is 74.6 Å². The Bertz CT molecular complexity index is 1430. The molecule has 1 N–H and O–H groups in total. The van der Waals surface area contributed by atoms with Gasteiger partial charge in [0.1, 0.15) is 19.8 Å². The fraction of sp³-hybridized carbons (Fsp3) is 0.812. The summed E-state index contributed by atoms with van der Waals surface area (Å²) in [6, 6.07) is 0. The topological polar surface area (TPSA) is 108 Å². The average molecular weight is 1060 g/mol. The van der Waals surface area contributed by atoms with Crippen molar-refractivity contribution in [2.75, 3.05) is 47.5 Å². The second kappa shape index (κ2) is 55.5. The van der Waals surface area contributed by atoms with E-state index in [1.807, 2.05) is 21.1 Å². The molecule has 0 aromatic carbocycles. The van der Waals surface area contributed by atoms with Crippen LogP contribution in [0.3, 0.4) is 0 Å². The van der Waals surface area contributed by atoms with Crippen molar-refractivity contribution in [3.05, 3.63) is 60.8 Å². The highest BCUT2D eigenvalue weighted by atomic mass is 31.2. The molecule has 0 aliphatic heterocycles.